The van der Waals surface area contributed by atoms with Crippen LogP contribution in [-0.2, 0) is 11.3 Å². The maximum atomic E-state index is 12.5. The van der Waals surface area contributed by atoms with E-state index in [1.807, 2.05) is 34.9 Å². The number of para-hydroxylation sites is 1. The van der Waals surface area contributed by atoms with Gasteiger partial charge in [-0.2, -0.15) is 8.78 Å². The quantitative estimate of drug-likeness (QED) is 0.412. The zero-order valence-electron chi connectivity index (χ0n) is 18.0. The zero-order valence-corrected chi connectivity index (χ0v) is 19.6. The van der Waals surface area contributed by atoms with Gasteiger partial charge >= 0.3 is 0 Å². The summed E-state index contributed by atoms with van der Waals surface area (Å²) in [6, 6.07) is 16.3. The lowest BCUT2D eigenvalue weighted by molar-refractivity contribution is -0.113. The summed E-state index contributed by atoms with van der Waals surface area (Å²) in [5.74, 6) is -1.65. The zero-order chi connectivity index (χ0) is 23.0. The third kappa shape index (κ3) is 6.78. The van der Waals surface area contributed by atoms with E-state index in [4.69, 9.17) is 0 Å². The van der Waals surface area contributed by atoms with E-state index in [2.05, 4.69) is 20.4 Å². The van der Waals surface area contributed by atoms with Crippen molar-refractivity contribution in [3.8, 4) is 5.69 Å². The van der Waals surface area contributed by atoms with E-state index in [0.717, 1.165) is 31.1 Å². The summed E-state index contributed by atoms with van der Waals surface area (Å²) in [6.07, 6.45) is 3.66. The number of hydrogen-bond acceptors (Lipinski definition) is 6. The fraction of sp³-hybridized carbons (Fsp3) is 0.348. The van der Waals surface area contributed by atoms with E-state index < -0.39 is 5.76 Å². The van der Waals surface area contributed by atoms with E-state index in [-0.39, 0.29) is 11.7 Å². The number of carbonyl (C=O) groups is 1. The Labute approximate surface area is 200 Å². The van der Waals surface area contributed by atoms with E-state index in [9.17, 15) is 13.6 Å². The maximum absolute atomic E-state index is 12.5. The highest BCUT2D eigenvalue weighted by Crippen LogP contribution is 2.27. The molecule has 1 N–H and O–H groups in total. The number of aromatic nitrogens is 3. The lowest BCUT2D eigenvalue weighted by Crippen LogP contribution is -2.30. The smallest absolute Gasteiger partial charge is 0.288 e. The molecule has 4 rings (SSSR count). The molecule has 3 aromatic rings. The number of nitrogens with zero attached hydrogens (tertiary/aromatic N) is 4. The Morgan fingerprint density at radius 2 is 1.73 bits per heavy atom. The highest BCUT2D eigenvalue weighted by Gasteiger charge is 2.19. The predicted molar refractivity (Wildman–Crippen MR) is 128 cm³/mol. The molecule has 1 amide bonds. The summed E-state index contributed by atoms with van der Waals surface area (Å²) in [4.78, 5) is 15.3. The molecule has 0 bridgehead atoms. The number of halogens is 2. The second-order valence-corrected chi connectivity index (χ2v) is 9.65. The number of likely N-dealkylation sites (tertiary alicyclic amines) is 1. The topological polar surface area (TPSA) is 63.1 Å². The predicted octanol–water partition coefficient (Wildman–Crippen LogP) is 5.30. The Hall–Kier alpha value is -2.43. The number of nitrogens with one attached hydrogen (secondary N) is 1. The van der Waals surface area contributed by atoms with Gasteiger partial charge in [0.25, 0.3) is 5.76 Å². The molecule has 0 atom stereocenters. The second-order valence-electron chi connectivity index (χ2n) is 7.65. The minimum atomic E-state index is -2.47. The van der Waals surface area contributed by atoms with Crippen molar-refractivity contribution in [1.29, 1.82) is 0 Å². The Morgan fingerprint density at radius 1 is 1.00 bits per heavy atom. The first-order chi connectivity index (χ1) is 16.1. The van der Waals surface area contributed by atoms with Gasteiger partial charge in [-0.15, -0.1) is 10.2 Å². The van der Waals surface area contributed by atoms with Gasteiger partial charge in [0.1, 0.15) is 0 Å². The van der Waals surface area contributed by atoms with Gasteiger partial charge in [0.15, 0.2) is 11.0 Å². The van der Waals surface area contributed by atoms with Crippen molar-refractivity contribution < 1.29 is 13.6 Å². The van der Waals surface area contributed by atoms with Gasteiger partial charge in [0.05, 0.1) is 12.3 Å². The van der Waals surface area contributed by atoms with Crippen molar-refractivity contribution in [3.05, 3.63) is 60.4 Å². The molecule has 1 aromatic heterocycles. The Morgan fingerprint density at radius 3 is 2.42 bits per heavy atom. The number of thioether (sulfide) groups is 2. The van der Waals surface area contributed by atoms with Crippen LogP contribution in [0.2, 0.25) is 0 Å². The first-order valence-corrected chi connectivity index (χ1v) is 12.6. The number of rotatable bonds is 9. The summed E-state index contributed by atoms with van der Waals surface area (Å²) in [6.45, 7) is 2.83. The van der Waals surface area contributed by atoms with Crippen molar-refractivity contribution >= 4 is 35.1 Å². The first-order valence-electron chi connectivity index (χ1n) is 10.8. The van der Waals surface area contributed by atoms with Gasteiger partial charge in [0, 0.05) is 16.3 Å². The van der Waals surface area contributed by atoms with Crippen molar-refractivity contribution in [1.82, 2.24) is 19.7 Å². The Kier molecular flexibility index (Phi) is 8.35. The van der Waals surface area contributed by atoms with Crippen LogP contribution in [0.15, 0.2) is 64.6 Å². The van der Waals surface area contributed by atoms with Gasteiger partial charge in [-0.25, -0.2) is 0 Å². The van der Waals surface area contributed by atoms with Gasteiger partial charge < -0.3 is 5.32 Å². The lowest BCUT2D eigenvalue weighted by Gasteiger charge is -2.26. The molecule has 0 spiro atoms. The number of piperidine rings is 1. The molecule has 0 aliphatic carbocycles. The van der Waals surface area contributed by atoms with Gasteiger partial charge in [-0.05, 0) is 62.3 Å². The molecule has 2 heterocycles. The third-order valence-electron chi connectivity index (χ3n) is 5.22. The van der Waals surface area contributed by atoms with Crippen molar-refractivity contribution in [3.63, 3.8) is 0 Å². The van der Waals surface area contributed by atoms with Crippen LogP contribution in [0.4, 0.5) is 14.5 Å². The molecule has 6 nitrogen and oxygen atoms in total. The molecule has 174 valence electrons. The molecule has 33 heavy (non-hydrogen) atoms. The highest BCUT2D eigenvalue weighted by atomic mass is 32.2. The molecule has 0 radical (unpaired) electrons. The van der Waals surface area contributed by atoms with Crippen LogP contribution >= 0.6 is 23.5 Å². The van der Waals surface area contributed by atoms with Crippen LogP contribution in [0, 0.1) is 0 Å². The largest absolute Gasteiger partial charge is 0.325 e. The number of alkyl halides is 2. The number of anilines is 1. The molecule has 1 aliphatic rings. The summed E-state index contributed by atoms with van der Waals surface area (Å²) in [5.41, 5.74) is 1.53. The molecular weight excluding hydrogens is 464 g/mol. The summed E-state index contributed by atoms with van der Waals surface area (Å²) in [7, 11) is 0. The molecule has 0 unspecified atom stereocenters. The van der Waals surface area contributed by atoms with Gasteiger partial charge in [-0.3, -0.25) is 14.3 Å². The van der Waals surface area contributed by atoms with Crippen LogP contribution in [0.5, 0.6) is 0 Å². The monoisotopic (exact) mass is 489 g/mol. The molecule has 1 aliphatic heterocycles. The minimum Gasteiger partial charge on any atom is -0.325 e. The Balaban J connectivity index is 1.42. The van der Waals surface area contributed by atoms with E-state index in [0.29, 0.717) is 27.5 Å². The molecule has 1 fully saturated rings. The van der Waals surface area contributed by atoms with Crippen molar-refractivity contribution in [2.75, 3.05) is 24.2 Å². The maximum Gasteiger partial charge on any atom is 0.288 e. The average molecular weight is 490 g/mol. The van der Waals surface area contributed by atoms with E-state index in [1.165, 1.54) is 31.0 Å². The van der Waals surface area contributed by atoms with Crippen LogP contribution in [0.1, 0.15) is 25.1 Å². The fourth-order valence-corrected chi connectivity index (χ4v) is 4.97. The fourth-order valence-electron chi connectivity index (χ4n) is 3.70. The van der Waals surface area contributed by atoms with Crippen molar-refractivity contribution in [2.45, 2.75) is 41.6 Å². The second kappa shape index (κ2) is 11.6. The van der Waals surface area contributed by atoms with Crippen LogP contribution < -0.4 is 5.32 Å². The van der Waals surface area contributed by atoms with E-state index >= 15 is 0 Å². The first kappa shape index (κ1) is 23.7. The minimum absolute atomic E-state index is 0.155. The SMILES string of the molecule is O=C(CSc1nnc(CN2CCCCC2)n1-c1ccccc1)Nc1ccc(SC(F)F)cc1. The number of amides is 1. The summed E-state index contributed by atoms with van der Waals surface area (Å²) in [5, 5.41) is 12.3. The molecule has 2 aromatic carbocycles. The Bertz CT molecular complexity index is 1040. The van der Waals surface area contributed by atoms with E-state index in [1.54, 1.807) is 24.3 Å². The third-order valence-corrected chi connectivity index (χ3v) is 6.88. The van der Waals surface area contributed by atoms with Crippen LogP contribution in [-0.4, -0.2) is 50.2 Å². The molecule has 0 saturated carbocycles. The number of hydrogen-bond donors (Lipinski definition) is 1. The lowest BCUT2D eigenvalue weighted by atomic mass is 10.1. The van der Waals surface area contributed by atoms with Crippen LogP contribution in [0.3, 0.4) is 0 Å². The normalized spacial score (nSPS) is 14.5. The molecule has 1 saturated heterocycles. The summed E-state index contributed by atoms with van der Waals surface area (Å²) < 4.78 is 26.9. The highest BCUT2D eigenvalue weighted by molar-refractivity contribution is 8.00. The van der Waals surface area contributed by atoms with Gasteiger partial charge in [0.2, 0.25) is 5.91 Å². The van der Waals surface area contributed by atoms with Gasteiger partial charge in [-0.1, -0.05) is 48.1 Å². The number of carbonyl (C=O) groups excluding carboxylic acids is 1. The van der Waals surface area contributed by atoms with Crippen LogP contribution in [0.25, 0.3) is 5.69 Å². The van der Waals surface area contributed by atoms with Crippen molar-refractivity contribution in [2.24, 2.45) is 0 Å². The standard InChI is InChI=1S/C23H25F2N5OS2/c24-22(25)33-19-11-9-17(10-12-19)26-21(31)16-32-23-28-27-20(15-29-13-5-2-6-14-29)30(23)18-7-3-1-4-8-18/h1,3-4,7-12,22H,2,5-6,13-16H2,(H,26,31). The molecule has 10 heteroatoms. The summed E-state index contributed by atoms with van der Waals surface area (Å²) >= 11 is 1.80. The average Bonchev–Trinajstić information content (AvgIpc) is 3.22. The molecular formula is C23H25F2N5OS2. The number of benzene rings is 2.